The number of carbonyl (C=O) groups excluding carboxylic acids is 6. The molecule has 4 atom stereocenters. The quantitative estimate of drug-likeness (QED) is 0.0201. The minimum absolute atomic E-state index is 0.0816. The first-order valence-electron chi connectivity index (χ1n) is 30.7. The molecule has 1 fully saturated rings. The lowest BCUT2D eigenvalue weighted by Crippen LogP contribution is -2.35. The number of esters is 3. The van der Waals surface area contributed by atoms with Crippen molar-refractivity contribution >= 4 is 36.6 Å². The van der Waals surface area contributed by atoms with Gasteiger partial charge >= 0.3 is 24.0 Å². The van der Waals surface area contributed by atoms with Gasteiger partial charge in [0, 0.05) is 59.4 Å². The van der Waals surface area contributed by atoms with E-state index in [-0.39, 0.29) is 55.2 Å². The number of hydrogen-bond donors (Lipinski definition) is 1. The van der Waals surface area contributed by atoms with Gasteiger partial charge in [-0.3, -0.25) is 14.4 Å². The zero-order valence-electron chi connectivity index (χ0n) is 53.1. The highest BCUT2D eigenvalue weighted by Crippen LogP contribution is 2.23. The molecular weight excluding hydrogens is 1020 g/mol. The van der Waals surface area contributed by atoms with Gasteiger partial charge in [-0.1, -0.05) is 98.3 Å². The largest absolute Gasteiger partial charge is 0.465 e. The molecule has 1 aliphatic heterocycles. The van der Waals surface area contributed by atoms with E-state index >= 15 is 0 Å². The Morgan fingerprint density at radius 1 is 0.580 bits per heavy atom. The molecule has 0 radical (unpaired) electrons. The summed E-state index contributed by atoms with van der Waals surface area (Å²) in [5, 5.41) is 2.84. The molecule has 0 bridgehead atoms. The minimum Gasteiger partial charge on any atom is -0.465 e. The number of methoxy groups -OCH3 is 2. The highest BCUT2D eigenvalue weighted by molar-refractivity contribution is 5.71. The monoisotopic (exact) mass is 1140 g/mol. The summed E-state index contributed by atoms with van der Waals surface area (Å²) >= 11 is 0. The first kappa shape index (κ1) is 78.4. The van der Waals surface area contributed by atoms with Gasteiger partial charge in [0.1, 0.15) is 24.3 Å². The van der Waals surface area contributed by atoms with Crippen LogP contribution in [-0.4, -0.2) is 119 Å². The number of carbonyl (C=O) groups is 6. The highest BCUT2D eigenvalue weighted by Gasteiger charge is 2.25. The lowest BCUT2D eigenvalue weighted by Gasteiger charge is -2.25. The Morgan fingerprint density at radius 3 is 1.57 bits per heavy atom. The van der Waals surface area contributed by atoms with Crippen LogP contribution in [0.15, 0.2) is 71.9 Å². The number of aldehydes is 2. The Morgan fingerprint density at radius 2 is 1.09 bits per heavy atom. The number of likely N-dealkylation sites (tertiary alicyclic amines) is 1. The lowest BCUT2D eigenvalue weighted by atomic mass is 9.98. The van der Waals surface area contributed by atoms with E-state index in [0.717, 1.165) is 141 Å². The fraction of sp³-hybridized carbons (Fsp3) is 0.731. The normalized spacial score (nSPS) is 14.6. The highest BCUT2D eigenvalue weighted by atomic mass is 16.6. The first-order valence-corrected chi connectivity index (χ1v) is 30.7. The molecule has 0 spiro atoms. The Labute approximate surface area is 493 Å². The molecule has 1 aliphatic rings. The van der Waals surface area contributed by atoms with Crippen LogP contribution in [-0.2, 0) is 52.4 Å². The van der Waals surface area contributed by atoms with Crippen LogP contribution in [0.4, 0.5) is 4.79 Å². The average molecular weight is 1140 g/mol. The summed E-state index contributed by atoms with van der Waals surface area (Å²) < 4.78 is 32.6. The van der Waals surface area contributed by atoms with E-state index in [1.807, 2.05) is 13.0 Å². The minimum atomic E-state index is -0.615. The average Bonchev–Trinajstić information content (AvgIpc) is 3.95. The SMILES string of the molecule is C=CC(C)(CC/C=C(\C)CCC=C(C)C)OC.C=CC(C)(CC/C=C(\C)CCC=C(C)C)OC(=O)CCCCCC=O.CCCCCCC(CCC(=O)OCC(COC)COC(=O)CCCCCC=O)OC(=O)NCCN1CCCC1. The van der Waals surface area contributed by atoms with Crippen molar-refractivity contribution in [3.05, 3.63) is 71.9 Å². The van der Waals surface area contributed by atoms with Gasteiger partial charge in [0.05, 0.1) is 31.3 Å². The summed E-state index contributed by atoms with van der Waals surface area (Å²) in [5.74, 6) is -1.14. The maximum atomic E-state index is 12.4. The smallest absolute Gasteiger partial charge is 0.407 e. The van der Waals surface area contributed by atoms with Gasteiger partial charge in [0.25, 0.3) is 0 Å². The molecule has 81 heavy (non-hydrogen) atoms. The number of ether oxygens (including phenoxy) is 6. The molecule has 0 aromatic carbocycles. The first-order chi connectivity index (χ1) is 38.7. The third-order valence-electron chi connectivity index (χ3n) is 14.1. The van der Waals surface area contributed by atoms with E-state index < -0.39 is 11.7 Å². The molecule has 0 aromatic rings. The second kappa shape index (κ2) is 52.2. The van der Waals surface area contributed by atoms with Crippen molar-refractivity contribution < 1.29 is 57.2 Å². The van der Waals surface area contributed by atoms with Crippen LogP contribution in [0.1, 0.15) is 236 Å². The number of hydrogen-bond acceptors (Lipinski definition) is 13. The number of amides is 1. The molecule has 0 aliphatic carbocycles. The molecule has 14 nitrogen and oxygen atoms in total. The number of nitrogens with zero attached hydrogens (tertiary/aromatic N) is 1. The zero-order chi connectivity index (χ0) is 61.0. The number of alkyl carbamates (subject to hydrolysis) is 1. The zero-order valence-corrected chi connectivity index (χ0v) is 53.1. The number of nitrogens with one attached hydrogen (secondary N) is 1. The fourth-order valence-corrected chi connectivity index (χ4v) is 8.53. The fourth-order valence-electron chi connectivity index (χ4n) is 8.53. The van der Waals surface area contributed by atoms with Crippen molar-refractivity contribution in [3.8, 4) is 0 Å². The number of allylic oxidation sites excluding steroid dienone is 8. The lowest BCUT2D eigenvalue weighted by molar-refractivity contribution is -0.154. The Hall–Kier alpha value is -4.66. The predicted molar refractivity (Wildman–Crippen MR) is 331 cm³/mol. The maximum absolute atomic E-state index is 12.4. The van der Waals surface area contributed by atoms with Gasteiger partial charge in [0.2, 0.25) is 0 Å². The van der Waals surface area contributed by atoms with E-state index in [9.17, 15) is 28.8 Å². The standard InChI is InChI=1S/C29H52N2O8.C22H36O3.C16H28O/c1-3-4-5-8-13-26(39-29(35)30-17-20-31-18-10-11-19-31)15-16-28(34)38-24-25(22-36-2)23-37-27(33)14-9-6-7-12-21-32;1-6-22(5,25-21(24)16-9-7-8-10-18-23)17-12-15-20(4)14-11-13-19(2)3;1-7-16(5,17-6)13-9-12-15(4)11-8-10-14(2)3/h21,25-26H,3-20,22-24H2,1-2H3,(H,30,35);6,13,15,18H,1,7-12,14,16-17H2,2-5H3;7,10,12H,1,8-9,11,13H2,2-6H3/b;20-15+;15-12+. The molecule has 1 saturated heterocycles. The Kier molecular flexibility index (Phi) is 50.5. The van der Waals surface area contributed by atoms with E-state index in [4.69, 9.17) is 28.4 Å². The van der Waals surface area contributed by atoms with Crippen molar-refractivity contribution in [1.29, 1.82) is 0 Å². The van der Waals surface area contributed by atoms with Crippen molar-refractivity contribution in [2.24, 2.45) is 5.92 Å². The van der Waals surface area contributed by atoms with Gasteiger partial charge < -0.3 is 48.2 Å². The van der Waals surface area contributed by atoms with E-state index in [2.05, 4.69) is 103 Å². The molecule has 1 N–H and O–H groups in total. The number of unbranched alkanes of at least 4 members (excludes halogenated alkanes) is 9. The van der Waals surface area contributed by atoms with Gasteiger partial charge in [-0.25, -0.2) is 4.79 Å². The summed E-state index contributed by atoms with van der Waals surface area (Å²) in [7, 11) is 3.29. The van der Waals surface area contributed by atoms with Crippen molar-refractivity contribution in [2.45, 2.75) is 253 Å². The summed E-state index contributed by atoms with van der Waals surface area (Å²) in [6.07, 6.45) is 36.3. The summed E-state index contributed by atoms with van der Waals surface area (Å²) in [6, 6.07) is 0. The van der Waals surface area contributed by atoms with Crippen LogP contribution in [0.2, 0.25) is 0 Å². The van der Waals surface area contributed by atoms with Crippen molar-refractivity contribution in [3.63, 3.8) is 0 Å². The van der Waals surface area contributed by atoms with Crippen LogP contribution in [0.3, 0.4) is 0 Å². The summed E-state index contributed by atoms with van der Waals surface area (Å²) in [6.45, 7) is 30.7. The third-order valence-corrected chi connectivity index (χ3v) is 14.1. The third kappa shape index (κ3) is 49.7. The van der Waals surface area contributed by atoms with Gasteiger partial charge in [-0.05, 0) is 184 Å². The summed E-state index contributed by atoms with van der Waals surface area (Å²) in [5.41, 5.74) is 4.78. The van der Waals surface area contributed by atoms with Crippen LogP contribution >= 0.6 is 0 Å². The molecular formula is C67H116N2O12. The molecule has 0 aromatic heterocycles. The second-order valence-corrected chi connectivity index (χ2v) is 22.6. The molecule has 14 heteroatoms. The maximum Gasteiger partial charge on any atom is 0.407 e. The predicted octanol–water partition coefficient (Wildman–Crippen LogP) is 15.6. The van der Waals surface area contributed by atoms with Crippen molar-refractivity contribution in [2.75, 3.05) is 60.2 Å². The molecule has 1 heterocycles. The number of rotatable bonds is 46. The van der Waals surface area contributed by atoms with Gasteiger partial charge in [-0.2, -0.15) is 0 Å². The van der Waals surface area contributed by atoms with Crippen LogP contribution in [0.25, 0.3) is 0 Å². The molecule has 1 amide bonds. The molecule has 4 unspecified atom stereocenters. The second-order valence-electron chi connectivity index (χ2n) is 22.6. The van der Waals surface area contributed by atoms with Gasteiger partial charge in [-0.15, -0.1) is 6.58 Å². The molecule has 1 rings (SSSR count). The molecule has 466 valence electrons. The van der Waals surface area contributed by atoms with Crippen molar-refractivity contribution in [1.82, 2.24) is 10.2 Å². The van der Waals surface area contributed by atoms with Crippen LogP contribution in [0, 0.1) is 5.92 Å². The van der Waals surface area contributed by atoms with Gasteiger partial charge in [0.15, 0.2) is 0 Å². The Balaban J connectivity index is 0. The molecule has 0 saturated carbocycles. The van der Waals surface area contributed by atoms with E-state index in [1.165, 1.54) is 35.1 Å². The van der Waals surface area contributed by atoms with Crippen LogP contribution < -0.4 is 5.32 Å². The van der Waals surface area contributed by atoms with Crippen LogP contribution in [0.5, 0.6) is 0 Å². The van der Waals surface area contributed by atoms with E-state index in [0.29, 0.717) is 58.1 Å². The van der Waals surface area contributed by atoms with E-state index in [1.54, 1.807) is 20.3 Å². The topological polar surface area (TPSA) is 173 Å². The Bertz CT molecular complexity index is 1830. The summed E-state index contributed by atoms with van der Waals surface area (Å²) in [4.78, 5) is 71.7.